The number of hydrogen-bond donors (Lipinski definition) is 1. The highest BCUT2D eigenvalue weighted by atomic mass is 16.6. The number of carbonyl (C=O) groups excluding carboxylic acids is 2. The molecule has 0 spiro atoms. The van der Waals surface area contributed by atoms with Crippen LogP contribution in [-0.2, 0) is 20.7 Å². The predicted octanol–water partition coefficient (Wildman–Crippen LogP) is 1.43. The summed E-state index contributed by atoms with van der Waals surface area (Å²) in [5, 5.41) is 9.72. The molecule has 0 saturated carbocycles. The zero-order valence-electron chi connectivity index (χ0n) is 10.0. The van der Waals surface area contributed by atoms with Crippen LogP contribution in [0, 0.1) is 0 Å². The molecular weight excluding hydrogens is 236 g/mol. The van der Waals surface area contributed by atoms with Crippen molar-refractivity contribution >= 4 is 11.9 Å². The van der Waals surface area contributed by atoms with Crippen LogP contribution in [0.15, 0.2) is 18.2 Å². The largest absolute Gasteiger partial charge is 0.507 e. The molecule has 1 aliphatic rings. The van der Waals surface area contributed by atoms with Gasteiger partial charge < -0.3 is 14.6 Å². The zero-order valence-corrected chi connectivity index (χ0v) is 10.0. The fraction of sp³-hybridized carbons (Fsp3) is 0.385. The third-order valence-corrected chi connectivity index (χ3v) is 2.83. The lowest BCUT2D eigenvalue weighted by Gasteiger charge is -2.10. The second kappa shape index (κ2) is 5.08. The average Bonchev–Trinajstić information content (AvgIpc) is 2.74. The minimum Gasteiger partial charge on any atom is -0.507 e. The SMILES string of the molecule is CCc1ccc(C(=O)OC2CCOC2=O)c(O)c1. The molecule has 18 heavy (non-hydrogen) atoms. The Morgan fingerprint density at radius 1 is 1.56 bits per heavy atom. The molecule has 1 aromatic rings. The number of cyclic esters (lactones) is 1. The van der Waals surface area contributed by atoms with Crippen LogP contribution < -0.4 is 0 Å². The Kier molecular flexibility index (Phi) is 3.50. The quantitative estimate of drug-likeness (QED) is 0.821. The molecule has 0 aromatic heterocycles. The average molecular weight is 250 g/mol. The van der Waals surface area contributed by atoms with Gasteiger partial charge in [-0.2, -0.15) is 0 Å². The number of aryl methyl sites for hydroxylation is 1. The normalized spacial score (nSPS) is 18.5. The molecule has 96 valence electrons. The van der Waals surface area contributed by atoms with E-state index in [2.05, 4.69) is 0 Å². The van der Waals surface area contributed by atoms with E-state index in [1.807, 2.05) is 6.92 Å². The zero-order chi connectivity index (χ0) is 13.1. The Hall–Kier alpha value is -2.04. The Morgan fingerprint density at radius 3 is 2.89 bits per heavy atom. The van der Waals surface area contributed by atoms with Gasteiger partial charge in [-0.25, -0.2) is 9.59 Å². The molecule has 1 heterocycles. The van der Waals surface area contributed by atoms with Crippen molar-refractivity contribution in [2.75, 3.05) is 6.61 Å². The van der Waals surface area contributed by atoms with Crippen LogP contribution in [0.3, 0.4) is 0 Å². The lowest BCUT2D eigenvalue weighted by atomic mass is 10.1. The van der Waals surface area contributed by atoms with E-state index in [9.17, 15) is 14.7 Å². The maximum Gasteiger partial charge on any atom is 0.347 e. The molecule has 0 bridgehead atoms. The van der Waals surface area contributed by atoms with Gasteiger partial charge in [-0.1, -0.05) is 13.0 Å². The third-order valence-electron chi connectivity index (χ3n) is 2.83. The molecule has 5 nitrogen and oxygen atoms in total. The maximum atomic E-state index is 11.8. The van der Waals surface area contributed by atoms with Crippen LogP contribution in [0.25, 0.3) is 0 Å². The molecule has 1 N–H and O–H groups in total. The lowest BCUT2D eigenvalue weighted by molar-refractivity contribution is -0.145. The van der Waals surface area contributed by atoms with E-state index in [0.717, 1.165) is 12.0 Å². The summed E-state index contributed by atoms with van der Waals surface area (Å²) in [4.78, 5) is 22.9. The first kappa shape index (κ1) is 12.4. The smallest absolute Gasteiger partial charge is 0.347 e. The van der Waals surface area contributed by atoms with Crippen LogP contribution in [0.4, 0.5) is 0 Å². The molecule has 5 heteroatoms. The molecule has 0 radical (unpaired) electrons. The van der Waals surface area contributed by atoms with Gasteiger partial charge >= 0.3 is 11.9 Å². The van der Waals surface area contributed by atoms with Crippen molar-refractivity contribution in [3.63, 3.8) is 0 Å². The topological polar surface area (TPSA) is 72.8 Å². The van der Waals surface area contributed by atoms with E-state index in [-0.39, 0.29) is 17.9 Å². The number of carbonyl (C=O) groups is 2. The molecule has 2 rings (SSSR count). The van der Waals surface area contributed by atoms with E-state index in [4.69, 9.17) is 9.47 Å². The summed E-state index contributed by atoms with van der Waals surface area (Å²) in [7, 11) is 0. The predicted molar refractivity (Wildman–Crippen MR) is 62.3 cm³/mol. The van der Waals surface area contributed by atoms with Gasteiger partial charge in [0.25, 0.3) is 0 Å². The number of benzene rings is 1. The van der Waals surface area contributed by atoms with Crippen molar-refractivity contribution in [3.8, 4) is 5.75 Å². The Bertz CT molecular complexity index is 480. The van der Waals surface area contributed by atoms with Crippen molar-refractivity contribution in [3.05, 3.63) is 29.3 Å². The summed E-state index contributed by atoms with van der Waals surface area (Å²) >= 11 is 0. The Balaban J connectivity index is 2.11. The summed E-state index contributed by atoms with van der Waals surface area (Å²) in [5.41, 5.74) is 0.983. The Morgan fingerprint density at radius 2 is 2.33 bits per heavy atom. The summed E-state index contributed by atoms with van der Waals surface area (Å²) in [5.74, 6) is -1.38. The van der Waals surface area contributed by atoms with Crippen molar-refractivity contribution in [1.29, 1.82) is 0 Å². The highest BCUT2D eigenvalue weighted by Gasteiger charge is 2.31. The van der Waals surface area contributed by atoms with Crippen molar-refractivity contribution < 1.29 is 24.2 Å². The first-order chi connectivity index (χ1) is 8.61. The monoisotopic (exact) mass is 250 g/mol. The molecule has 1 aliphatic heterocycles. The number of aromatic hydroxyl groups is 1. The number of rotatable bonds is 3. The van der Waals surface area contributed by atoms with E-state index in [1.54, 1.807) is 6.07 Å². The minimum atomic E-state index is -0.859. The summed E-state index contributed by atoms with van der Waals surface area (Å²) in [6.07, 6.45) is 0.263. The summed E-state index contributed by atoms with van der Waals surface area (Å²) in [6.45, 7) is 2.21. The summed E-state index contributed by atoms with van der Waals surface area (Å²) in [6, 6.07) is 4.75. The second-order valence-electron chi connectivity index (χ2n) is 4.06. The third kappa shape index (κ3) is 2.45. The van der Waals surface area contributed by atoms with E-state index in [1.165, 1.54) is 12.1 Å². The van der Waals surface area contributed by atoms with Gasteiger partial charge in [0.2, 0.25) is 6.10 Å². The van der Waals surface area contributed by atoms with Gasteiger partial charge in [0.05, 0.1) is 6.61 Å². The standard InChI is InChI=1S/C13H14O5/c1-2-8-3-4-9(10(14)7-8)12(15)18-11-5-6-17-13(11)16/h3-4,7,11,14H,2,5-6H2,1H3. The molecule has 1 aromatic carbocycles. The number of phenols is 1. The van der Waals surface area contributed by atoms with Crippen LogP contribution in [0.5, 0.6) is 5.75 Å². The highest BCUT2D eigenvalue weighted by molar-refractivity contribution is 5.94. The number of hydrogen-bond acceptors (Lipinski definition) is 5. The molecular formula is C13H14O5. The molecule has 1 atom stereocenters. The van der Waals surface area contributed by atoms with Crippen LogP contribution in [0.1, 0.15) is 29.3 Å². The first-order valence-corrected chi connectivity index (χ1v) is 5.81. The maximum absolute atomic E-state index is 11.8. The highest BCUT2D eigenvalue weighted by Crippen LogP contribution is 2.22. The van der Waals surface area contributed by atoms with E-state index >= 15 is 0 Å². The van der Waals surface area contributed by atoms with Gasteiger partial charge in [0, 0.05) is 6.42 Å². The van der Waals surface area contributed by atoms with Crippen LogP contribution in [-0.4, -0.2) is 29.8 Å². The Labute approximate surface area is 104 Å². The number of ether oxygens (including phenoxy) is 2. The molecule has 0 amide bonds. The van der Waals surface area contributed by atoms with Gasteiger partial charge in [0.15, 0.2) is 0 Å². The second-order valence-corrected chi connectivity index (χ2v) is 4.06. The fourth-order valence-corrected chi connectivity index (χ4v) is 1.75. The van der Waals surface area contributed by atoms with Crippen LogP contribution in [0.2, 0.25) is 0 Å². The fourth-order valence-electron chi connectivity index (χ4n) is 1.75. The van der Waals surface area contributed by atoms with Crippen molar-refractivity contribution in [1.82, 2.24) is 0 Å². The van der Waals surface area contributed by atoms with Crippen LogP contribution >= 0.6 is 0 Å². The number of phenolic OH excluding ortho intramolecular Hbond substituents is 1. The van der Waals surface area contributed by atoms with Gasteiger partial charge in [-0.3, -0.25) is 0 Å². The van der Waals surface area contributed by atoms with Crippen molar-refractivity contribution in [2.45, 2.75) is 25.9 Å². The van der Waals surface area contributed by atoms with Gasteiger partial charge in [-0.05, 0) is 24.1 Å². The van der Waals surface area contributed by atoms with E-state index in [0.29, 0.717) is 6.42 Å². The van der Waals surface area contributed by atoms with E-state index < -0.39 is 18.0 Å². The van der Waals surface area contributed by atoms with Gasteiger partial charge in [-0.15, -0.1) is 0 Å². The lowest BCUT2D eigenvalue weighted by Crippen LogP contribution is -2.22. The van der Waals surface area contributed by atoms with Crippen molar-refractivity contribution in [2.24, 2.45) is 0 Å². The number of esters is 2. The minimum absolute atomic E-state index is 0.0619. The van der Waals surface area contributed by atoms with Gasteiger partial charge in [0.1, 0.15) is 11.3 Å². The molecule has 1 fully saturated rings. The first-order valence-electron chi connectivity index (χ1n) is 5.81. The molecule has 1 saturated heterocycles. The molecule has 0 aliphatic carbocycles. The molecule has 1 unspecified atom stereocenters. The summed E-state index contributed by atoms with van der Waals surface area (Å²) < 4.78 is 9.68.